The van der Waals surface area contributed by atoms with Crippen molar-refractivity contribution in [2.24, 2.45) is 0 Å². The lowest BCUT2D eigenvalue weighted by molar-refractivity contribution is 0.988. The number of aromatic nitrogens is 12. The van der Waals surface area contributed by atoms with Crippen LogP contribution in [0.1, 0.15) is 0 Å². The summed E-state index contributed by atoms with van der Waals surface area (Å²) in [5.41, 5.74) is 21.8. The van der Waals surface area contributed by atoms with Crippen molar-refractivity contribution >= 4 is 130 Å². The van der Waals surface area contributed by atoms with Gasteiger partial charge in [0.2, 0.25) is 11.9 Å². The average Bonchev–Trinajstić information content (AvgIpc) is 1.58. The number of nitrogens with zero attached hydrogens (tertiary/aromatic N) is 12. The first kappa shape index (κ1) is 65.9. The van der Waals surface area contributed by atoms with Gasteiger partial charge in [-0.1, -0.05) is 212 Å². The molecule has 0 aliphatic heterocycles. The zero-order chi connectivity index (χ0) is 76.3. The molecular weight excluding hydrogens is 1420 g/mol. The summed E-state index contributed by atoms with van der Waals surface area (Å²) < 4.78 is 9.18. The van der Waals surface area contributed by atoms with E-state index in [1.807, 2.05) is 84.9 Å². The van der Waals surface area contributed by atoms with Crippen LogP contribution in [0.4, 0.5) is 0 Å². The third-order valence-corrected chi connectivity index (χ3v) is 22.9. The lowest BCUT2D eigenvalue weighted by atomic mass is 9.99. The van der Waals surface area contributed by atoms with Gasteiger partial charge in [0, 0.05) is 79.0 Å². The molecule has 24 rings (SSSR count). The van der Waals surface area contributed by atoms with Crippen LogP contribution in [0, 0.1) is 0 Å². The Balaban J connectivity index is 0.000000137. The molecular formula is C104H64N12. The van der Waals surface area contributed by atoms with Gasteiger partial charge in [0.15, 0.2) is 0 Å². The van der Waals surface area contributed by atoms with Crippen LogP contribution in [-0.2, 0) is 0 Å². The molecule has 14 aromatic carbocycles. The zero-order valence-electron chi connectivity index (χ0n) is 62.3. The van der Waals surface area contributed by atoms with E-state index in [1.165, 1.54) is 92.4 Å². The first-order chi connectivity index (χ1) is 57.5. The second-order valence-corrected chi connectivity index (χ2v) is 29.4. The van der Waals surface area contributed by atoms with Crippen molar-refractivity contribution in [2.45, 2.75) is 0 Å². The number of benzene rings is 14. The highest BCUT2D eigenvalue weighted by molar-refractivity contribution is 6.18. The molecule has 0 N–H and O–H groups in total. The van der Waals surface area contributed by atoms with Gasteiger partial charge in [0.05, 0.1) is 95.4 Å². The topological polar surface area (TPSA) is 123 Å². The van der Waals surface area contributed by atoms with Crippen molar-refractivity contribution in [1.29, 1.82) is 0 Å². The SMILES string of the molecule is c1ccc(-c2cc(-c3ccccn3)nc(-n3c4ccccc4c4cc(-c5ccc6c(c5)c5ccccc5n6-c5cc6ccccc6c6ccccc56)ccc43)n2)nc1.c1ccc(-c2cc(-c3ccccn3)nc(-n3c4ccccc4c4cc(-c5ccc6c(c5)c5ccccc5n6-c5ccc6ccc7ccccc7c6c5)ccc43)n2)nc1. The number of rotatable bonds is 10. The molecule has 116 heavy (non-hydrogen) atoms. The van der Waals surface area contributed by atoms with Gasteiger partial charge >= 0.3 is 0 Å². The van der Waals surface area contributed by atoms with Crippen molar-refractivity contribution in [2.75, 3.05) is 0 Å². The number of hydrogen-bond donors (Lipinski definition) is 0. The van der Waals surface area contributed by atoms with E-state index in [9.17, 15) is 0 Å². The Hall–Kier alpha value is -15.9. The summed E-state index contributed by atoms with van der Waals surface area (Å²) >= 11 is 0. The fourth-order valence-corrected chi connectivity index (χ4v) is 17.6. The van der Waals surface area contributed by atoms with Gasteiger partial charge in [-0.15, -0.1) is 0 Å². The molecule has 0 bridgehead atoms. The highest BCUT2D eigenvalue weighted by atomic mass is 15.2. The zero-order valence-corrected chi connectivity index (χ0v) is 62.3. The maximum absolute atomic E-state index is 5.14. The molecule has 540 valence electrons. The monoisotopic (exact) mass is 1480 g/mol. The molecule has 24 aromatic rings. The number of para-hydroxylation sites is 4. The fourth-order valence-electron chi connectivity index (χ4n) is 17.6. The Bertz CT molecular complexity index is 7960. The Labute approximate surface area is 664 Å². The minimum absolute atomic E-state index is 0.568. The molecule has 0 saturated heterocycles. The molecule has 12 nitrogen and oxygen atoms in total. The normalized spacial score (nSPS) is 11.8. The van der Waals surface area contributed by atoms with Gasteiger partial charge in [-0.05, 0) is 212 Å². The van der Waals surface area contributed by atoms with E-state index < -0.39 is 0 Å². The minimum Gasteiger partial charge on any atom is -0.309 e. The molecule has 0 unspecified atom stereocenters. The highest BCUT2D eigenvalue weighted by Gasteiger charge is 2.24. The van der Waals surface area contributed by atoms with E-state index in [1.54, 1.807) is 24.8 Å². The summed E-state index contributed by atoms with van der Waals surface area (Å²) in [5, 5.41) is 19.4. The summed E-state index contributed by atoms with van der Waals surface area (Å²) in [6.07, 6.45) is 7.17. The van der Waals surface area contributed by atoms with Gasteiger partial charge in [-0.25, -0.2) is 19.9 Å². The molecule has 10 aromatic heterocycles. The van der Waals surface area contributed by atoms with Crippen molar-refractivity contribution < 1.29 is 0 Å². The molecule has 0 amide bonds. The summed E-state index contributed by atoms with van der Waals surface area (Å²) in [6, 6.07) is 129. The Morgan fingerprint density at radius 3 is 0.879 bits per heavy atom. The highest BCUT2D eigenvalue weighted by Crippen LogP contribution is 2.44. The van der Waals surface area contributed by atoms with Crippen LogP contribution in [0.5, 0.6) is 0 Å². The summed E-state index contributed by atoms with van der Waals surface area (Å²) in [6.45, 7) is 0. The van der Waals surface area contributed by atoms with Crippen molar-refractivity contribution in [3.05, 3.63) is 389 Å². The van der Waals surface area contributed by atoms with Gasteiger partial charge in [0.1, 0.15) is 0 Å². The summed E-state index contributed by atoms with van der Waals surface area (Å²) in [4.78, 5) is 39.1. The summed E-state index contributed by atoms with van der Waals surface area (Å²) in [5.74, 6) is 1.14. The molecule has 0 saturated carbocycles. The van der Waals surface area contributed by atoms with Gasteiger partial charge < -0.3 is 9.13 Å². The Morgan fingerprint density at radius 1 is 0.164 bits per heavy atom. The Morgan fingerprint density at radius 2 is 0.466 bits per heavy atom. The van der Waals surface area contributed by atoms with Crippen molar-refractivity contribution in [1.82, 2.24) is 58.1 Å². The van der Waals surface area contributed by atoms with Crippen LogP contribution >= 0.6 is 0 Å². The van der Waals surface area contributed by atoms with Crippen LogP contribution in [-0.4, -0.2) is 58.1 Å². The van der Waals surface area contributed by atoms with Crippen LogP contribution in [0.2, 0.25) is 0 Å². The van der Waals surface area contributed by atoms with E-state index >= 15 is 0 Å². The van der Waals surface area contributed by atoms with Crippen LogP contribution in [0.15, 0.2) is 389 Å². The molecule has 0 atom stereocenters. The molecule has 10 heterocycles. The smallest absolute Gasteiger partial charge is 0.235 e. The fraction of sp³-hybridized carbons (Fsp3) is 0. The largest absolute Gasteiger partial charge is 0.309 e. The molecule has 0 aliphatic carbocycles. The third kappa shape index (κ3) is 10.9. The lowest BCUT2D eigenvalue weighted by Crippen LogP contribution is -2.04. The number of pyridine rings is 4. The molecule has 0 spiro atoms. The molecule has 12 heteroatoms. The van der Waals surface area contributed by atoms with E-state index in [-0.39, 0.29) is 0 Å². The van der Waals surface area contributed by atoms with Gasteiger partial charge in [-0.3, -0.25) is 29.1 Å². The van der Waals surface area contributed by atoms with E-state index in [0.717, 1.165) is 117 Å². The van der Waals surface area contributed by atoms with E-state index in [4.69, 9.17) is 19.9 Å². The van der Waals surface area contributed by atoms with E-state index in [0.29, 0.717) is 11.9 Å². The molecule has 0 aliphatic rings. The quantitative estimate of drug-likeness (QED) is 0.124. The van der Waals surface area contributed by atoms with Gasteiger partial charge in [-0.2, -0.15) is 0 Å². The van der Waals surface area contributed by atoms with Crippen LogP contribution in [0.25, 0.3) is 221 Å². The predicted molar refractivity (Wildman–Crippen MR) is 475 cm³/mol. The summed E-state index contributed by atoms with van der Waals surface area (Å²) in [7, 11) is 0. The Kier molecular flexibility index (Phi) is 15.3. The van der Waals surface area contributed by atoms with Gasteiger partial charge in [0.25, 0.3) is 0 Å². The van der Waals surface area contributed by atoms with Crippen molar-refractivity contribution in [3.8, 4) is 91.1 Å². The standard InChI is InChI=1S/2C52H32N6/c1-2-12-38-33(11-1)19-20-34-21-24-37(31-41(34)38)57-48-17-5-3-13-39(48)42-29-35(22-25-50(42)57)36-23-26-51-43(30-36)40-14-4-6-18-49(40)58(51)52-55-46(44-15-7-9-27-53-44)32-47(56-52)45-16-8-10-28-54-45;1-2-14-36-35(13-1)31-51(38-16-4-3-15-37(36)38)57-47-21-7-5-17-39(47)41-29-33(23-25-49(41)57)34-24-26-50-42(30-34)40-18-6-8-22-48(40)58(50)52-55-45(43-19-9-11-27-53-43)32-46(56-52)44-20-10-12-28-54-44/h2*1-32H. The molecule has 0 radical (unpaired) electrons. The number of hydrogen-bond acceptors (Lipinski definition) is 8. The first-order valence-corrected chi connectivity index (χ1v) is 38.9. The van der Waals surface area contributed by atoms with Crippen LogP contribution in [0.3, 0.4) is 0 Å². The number of fused-ring (bicyclic) bond motifs is 18. The lowest BCUT2D eigenvalue weighted by Gasteiger charge is -2.14. The maximum atomic E-state index is 5.14. The minimum atomic E-state index is 0.568. The second-order valence-electron chi connectivity index (χ2n) is 29.4. The average molecular weight is 1480 g/mol. The molecule has 0 fully saturated rings. The predicted octanol–water partition coefficient (Wildman–Crippen LogP) is 25.5. The van der Waals surface area contributed by atoms with Crippen LogP contribution < -0.4 is 0 Å². The van der Waals surface area contributed by atoms with E-state index in [2.05, 4.69) is 317 Å². The second kappa shape index (κ2) is 26.9. The van der Waals surface area contributed by atoms with Crippen molar-refractivity contribution in [3.63, 3.8) is 0 Å². The third-order valence-electron chi connectivity index (χ3n) is 22.9. The first-order valence-electron chi connectivity index (χ1n) is 38.9. The maximum Gasteiger partial charge on any atom is 0.235 e.